The summed E-state index contributed by atoms with van der Waals surface area (Å²) < 4.78 is 1.81. The lowest BCUT2D eigenvalue weighted by molar-refractivity contribution is 0.885. The summed E-state index contributed by atoms with van der Waals surface area (Å²) in [6.07, 6.45) is 0. The summed E-state index contributed by atoms with van der Waals surface area (Å²) in [4.78, 5) is 1.08. The van der Waals surface area contributed by atoms with Crippen LogP contribution in [0.5, 0.6) is 0 Å². The van der Waals surface area contributed by atoms with Crippen molar-refractivity contribution in [1.82, 2.24) is 0 Å². The van der Waals surface area contributed by atoms with Crippen LogP contribution in [0, 0.1) is 6.92 Å². The third-order valence-electron chi connectivity index (χ3n) is 2.39. The van der Waals surface area contributed by atoms with Gasteiger partial charge in [0.2, 0.25) is 0 Å². The van der Waals surface area contributed by atoms with Gasteiger partial charge in [0, 0.05) is 9.35 Å². The SMILES string of the molecule is Cc1ccc(Br)c(C(N)c2ccc(Cl)s2)c1. The molecule has 0 saturated carbocycles. The first kappa shape index (κ1) is 12.1. The Labute approximate surface area is 112 Å². The van der Waals surface area contributed by atoms with Gasteiger partial charge in [-0.25, -0.2) is 0 Å². The predicted molar refractivity (Wildman–Crippen MR) is 74.2 cm³/mol. The maximum Gasteiger partial charge on any atom is 0.0931 e. The maximum absolute atomic E-state index is 6.22. The lowest BCUT2D eigenvalue weighted by Crippen LogP contribution is -2.11. The zero-order valence-corrected chi connectivity index (χ0v) is 11.9. The quantitative estimate of drug-likeness (QED) is 0.866. The number of rotatable bonds is 2. The predicted octanol–water partition coefficient (Wildman–Crippen LogP) is 4.52. The molecule has 1 aromatic heterocycles. The largest absolute Gasteiger partial charge is 0.320 e. The fraction of sp³-hybridized carbons (Fsp3) is 0.167. The van der Waals surface area contributed by atoms with Gasteiger partial charge < -0.3 is 5.73 Å². The summed E-state index contributed by atoms with van der Waals surface area (Å²) in [6.45, 7) is 2.06. The highest BCUT2D eigenvalue weighted by Gasteiger charge is 2.14. The molecule has 4 heteroatoms. The van der Waals surface area contributed by atoms with Gasteiger partial charge in [-0.05, 0) is 30.7 Å². The second-order valence-corrected chi connectivity index (χ2v) is 6.25. The number of thiophene rings is 1. The molecule has 1 heterocycles. The zero-order valence-electron chi connectivity index (χ0n) is 8.71. The van der Waals surface area contributed by atoms with Crippen molar-refractivity contribution in [3.63, 3.8) is 0 Å². The van der Waals surface area contributed by atoms with Gasteiger partial charge in [0.05, 0.1) is 10.4 Å². The Hall–Kier alpha value is -0.350. The highest BCUT2D eigenvalue weighted by atomic mass is 79.9. The highest BCUT2D eigenvalue weighted by Crippen LogP contribution is 2.33. The Morgan fingerprint density at radius 2 is 2.06 bits per heavy atom. The molecule has 2 N–H and O–H groups in total. The third-order valence-corrected chi connectivity index (χ3v) is 4.42. The Kier molecular flexibility index (Phi) is 3.70. The highest BCUT2D eigenvalue weighted by molar-refractivity contribution is 9.10. The average Bonchev–Trinajstić information content (AvgIpc) is 2.67. The van der Waals surface area contributed by atoms with E-state index in [-0.39, 0.29) is 6.04 Å². The first-order valence-corrected chi connectivity index (χ1v) is 6.83. The molecule has 2 rings (SSSR count). The number of hydrogen-bond acceptors (Lipinski definition) is 2. The molecule has 1 atom stereocenters. The van der Waals surface area contributed by atoms with Gasteiger partial charge in [0.25, 0.3) is 0 Å². The van der Waals surface area contributed by atoms with Crippen LogP contribution in [-0.4, -0.2) is 0 Å². The first-order chi connectivity index (χ1) is 7.58. The van der Waals surface area contributed by atoms with Crippen LogP contribution in [0.1, 0.15) is 22.0 Å². The van der Waals surface area contributed by atoms with E-state index >= 15 is 0 Å². The summed E-state index contributed by atoms with van der Waals surface area (Å²) >= 11 is 11.0. The van der Waals surface area contributed by atoms with Gasteiger partial charge in [-0.2, -0.15) is 0 Å². The molecule has 0 fully saturated rings. The van der Waals surface area contributed by atoms with E-state index in [1.807, 2.05) is 18.2 Å². The van der Waals surface area contributed by atoms with Gasteiger partial charge in [-0.1, -0.05) is 45.2 Å². The van der Waals surface area contributed by atoms with E-state index in [0.29, 0.717) is 0 Å². The van der Waals surface area contributed by atoms with Crippen LogP contribution in [0.3, 0.4) is 0 Å². The molecular weight excluding hydrogens is 306 g/mol. The molecule has 0 aliphatic carbocycles. The maximum atomic E-state index is 6.22. The minimum atomic E-state index is -0.119. The van der Waals surface area contributed by atoms with E-state index in [1.54, 1.807) is 0 Å². The number of hydrogen-bond donors (Lipinski definition) is 1. The topological polar surface area (TPSA) is 26.0 Å². The van der Waals surface area contributed by atoms with E-state index in [1.165, 1.54) is 16.9 Å². The average molecular weight is 317 g/mol. The Bertz CT molecular complexity index is 509. The van der Waals surface area contributed by atoms with Crippen molar-refractivity contribution in [2.24, 2.45) is 5.73 Å². The van der Waals surface area contributed by atoms with Crippen LogP contribution in [0.2, 0.25) is 4.34 Å². The summed E-state index contributed by atoms with van der Waals surface area (Å²) in [5, 5.41) is 0. The van der Waals surface area contributed by atoms with Crippen molar-refractivity contribution in [1.29, 1.82) is 0 Å². The minimum absolute atomic E-state index is 0.119. The van der Waals surface area contributed by atoms with E-state index in [2.05, 4.69) is 35.0 Å². The number of aryl methyl sites for hydroxylation is 1. The molecule has 0 aliphatic heterocycles. The standard InChI is InChI=1S/C12H11BrClNS/c1-7-2-3-9(13)8(6-7)12(15)10-4-5-11(14)16-10/h2-6,12H,15H2,1H3. The van der Waals surface area contributed by atoms with Crippen molar-refractivity contribution in [2.45, 2.75) is 13.0 Å². The van der Waals surface area contributed by atoms with E-state index in [4.69, 9.17) is 17.3 Å². The summed E-state index contributed by atoms with van der Waals surface area (Å²) in [5.74, 6) is 0. The van der Waals surface area contributed by atoms with Gasteiger partial charge in [-0.3, -0.25) is 0 Å². The molecule has 0 radical (unpaired) electrons. The molecular formula is C12H11BrClNS. The smallest absolute Gasteiger partial charge is 0.0931 e. The molecule has 0 saturated heterocycles. The Balaban J connectivity index is 2.40. The number of benzene rings is 1. The van der Waals surface area contributed by atoms with Crippen LogP contribution >= 0.6 is 38.9 Å². The molecule has 16 heavy (non-hydrogen) atoms. The molecule has 0 amide bonds. The second kappa shape index (κ2) is 4.88. The zero-order chi connectivity index (χ0) is 11.7. The van der Waals surface area contributed by atoms with Crippen LogP contribution in [0.4, 0.5) is 0 Å². The van der Waals surface area contributed by atoms with Crippen LogP contribution < -0.4 is 5.73 Å². The molecule has 1 unspecified atom stereocenters. The van der Waals surface area contributed by atoms with Crippen LogP contribution in [0.25, 0.3) is 0 Å². The molecule has 2 aromatic rings. The van der Waals surface area contributed by atoms with Crippen LogP contribution in [0.15, 0.2) is 34.8 Å². The number of halogens is 2. The molecule has 84 valence electrons. The summed E-state index contributed by atoms with van der Waals surface area (Å²) in [5.41, 5.74) is 8.52. The third kappa shape index (κ3) is 2.48. The number of nitrogens with two attached hydrogens (primary N) is 1. The Morgan fingerprint density at radius 1 is 1.31 bits per heavy atom. The van der Waals surface area contributed by atoms with Gasteiger partial charge >= 0.3 is 0 Å². The van der Waals surface area contributed by atoms with Crippen molar-refractivity contribution >= 4 is 38.9 Å². The molecule has 0 bridgehead atoms. The van der Waals surface area contributed by atoms with Crippen molar-refractivity contribution in [3.05, 3.63) is 55.1 Å². The lowest BCUT2D eigenvalue weighted by Gasteiger charge is -2.12. The summed E-state index contributed by atoms with van der Waals surface area (Å²) in [6, 6.07) is 9.92. The molecule has 1 nitrogen and oxygen atoms in total. The monoisotopic (exact) mass is 315 g/mol. The van der Waals surface area contributed by atoms with E-state index in [9.17, 15) is 0 Å². The van der Waals surface area contributed by atoms with E-state index in [0.717, 1.165) is 19.2 Å². The van der Waals surface area contributed by atoms with Crippen molar-refractivity contribution < 1.29 is 0 Å². The van der Waals surface area contributed by atoms with Crippen LogP contribution in [-0.2, 0) is 0 Å². The molecule has 0 spiro atoms. The normalized spacial score (nSPS) is 12.8. The summed E-state index contributed by atoms with van der Waals surface area (Å²) in [7, 11) is 0. The fourth-order valence-electron chi connectivity index (χ4n) is 1.55. The Morgan fingerprint density at radius 3 is 2.69 bits per heavy atom. The van der Waals surface area contributed by atoms with Gasteiger partial charge in [0.15, 0.2) is 0 Å². The van der Waals surface area contributed by atoms with Gasteiger partial charge in [0.1, 0.15) is 0 Å². The van der Waals surface area contributed by atoms with E-state index < -0.39 is 0 Å². The fourth-order valence-corrected chi connectivity index (χ4v) is 3.12. The molecule has 1 aromatic carbocycles. The first-order valence-electron chi connectivity index (χ1n) is 4.85. The minimum Gasteiger partial charge on any atom is -0.320 e. The van der Waals surface area contributed by atoms with Crippen molar-refractivity contribution in [3.8, 4) is 0 Å². The molecule has 0 aliphatic rings. The van der Waals surface area contributed by atoms with Gasteiger partial charge in [-0.15, -0.1) is 11.3 Å². The second-order valence-electron chi connectivity index (χ2n) is 3.64. The lowest BCUT2D eigenvalue weighted by atomic mass is 10.0. The van der Waals surface area contributed by atoms with Crippen molar-refractivity contribution in [2.75, 3.05) is 0 Å².